The fraction of sp³-hybridized carbons (Fsp3) is 0.200. The lowest BCUT2D eigenvalue weighted by Crippen LogP contribution is -2.35. The van der Waals surface area contributed by atoms with Gasteiger partial charge in [-0.3, -0.25) is 9.69 Å². The highest BCUT2D eigenvalue weighted by atomic mass is 32.1. The van der Waals surface area contributed by atoms with Gasteiger partial charge in [0.25, 0.3) is 5.91 Å². The number of amides is 1. The van der Waals surface area contributed by atoms with Crippen molar-refractivity contribution in [2.45, 2.75) is 32.9 Å². The zero-order valence-electron chi connectivity index (χ0n) is 20.7. The number of rotatable bonds is 6. The number of hydrogen-bond donors (Lipinski definition) is 1. The van der Waals surface area contributed by atoms with Gasteiger partial charge in [-0.1, -0.05) is 36.4 Å². The smallest absolute Gasteiger partial charge is 0.256 e. The molecule has 1 amide bonds. The van der Waals surface area contributed by atoms with E-state index in [1.165, 1.54) is 10.4 Å². The fourth-order valence-electron chi connectivity index (χ4n) is 4.66. The molecule has 0 unspecified atom stereocenters. The first-order valence-corrected chi connectivity index (χ1v) is 14.1. The molecule has 37 heavy (non-hydrogen) atoms. The minimum absolute atomic E-state index is 0.153. The molecule has 1 aliphatic rings. The molecule has 6 rings (SSSR count). The molecule has 0 bridgehead atoms. The highest BCUT2D eigenvalue weighted by Crippen LogP contribution is 2.46. The van der Waals surface area contributed by atoms with Gasteiger partial charge in [-0.2, -0.15) is 0 Å². The molecular formula is C30H27N3O2S2. The number of anilines is 1. The van der Waals surface area contributed by atoms with Gasteiger partial charge in [0, 0.05) is 35.1 Å². The highest BCUT2D eigenvalue weighted by molar-refractivity contribution is 7.23. The van der Waals surface area contributed by atoms with E-state index in [1.807, 2.05) is 66.7 Å². The summed E-state index contributed by atoms with van der Waals surface area (Å²) < 4.78 is 7.11. The summed E-state index contributed by atoms with van der Waals surface area (Å²) in [5, 5.41) is 5.07. The SMILES string of the molecule is CC(C)N1CCc2c(sc(NC(=O)c3cccc(Oc4ccccc4)c3)c2-c2nc3ccccc3s2)C1. The topological polar surface area (TPSA) is 54.5 Å². The Morgan fingerprint density at radius 2 is 1.76 bits per heavy atom. The molecule has 0 radical (unpaired) electrons. The van der Waals surface area contributed by atoms with Gasteiger partial charge in [0.2, 0.25) is 0 Å². The van der Waals surface area contributed by atoms with Crippen LogP contribution in [0, 0.1) is 0 Å². The van der Waals surface area contributed by atoms with Crippen molar-refractivity contribution in [1.29, 1.82) is 0 Å². The number of aromatic nitrogens is 1. The molecule has 5 nitrogen and oxygen atoms in total. The molecule has 0 saturated carbocycles. The Kier molecular flexibility index (Phi) is 6.50. The van der Waals surface area contributed by atoms with Crippen molar-refractivity contribution in [3.63, 3.8) is 0 Å². The van der Waals surface area contributed by atoms with Crippen LogP contribution in [0.2, 0.25) is 0 Å². The van der Waals surface area contributed by atoms with E-state index in [4.69, 9.17) is 9.72 Å². The average Bonchev–Trinajstić information content (AvgIpc) is 3.49. The summed E-state index contributed by atoms with van der Waals surface area (Å²) in [4.78, 5) is 22.2. The number of nitrogens with one attached hydrogen (secondary N) is 1. The Morgan fingerprint density at radius 1 is 0.973 bits per heavy atom. The van der Waals surface area contributed by atoms with Crippen LogP contribution in [-0.2, 0) is 13.0 Å². The lowest BCUT2D eigenvalue weighted by atomic mass is 10.0. The van der Waals surface area contributed by atoms with Gasteiger partial charge in [-0.05, 0) is 68.3 Å². The lowest BCUT2D eigenvalue weighted by Gasteiger charge is -2.30. The average molecular weight is 526 g/mol. The number of benzene rings is 3. The number of nitrogens with zero attached hydrogens (tertiary/aromatic N) is 2. The predicted molar refractivity (Wildman–Crippen MR) is 153 cm³/mol. The minimum atomic E-state index is -0.153. The third-order valence-corrected chi connectivity index (χ3v) is 8.81. The molecule has 3 heterocycles. The predicted octanol–water partition coefficient (Wildman–Crippen LogP) is 7.84. The zero-order valence-corrected chi connectivity index (χ0v) is 22.4. The first-order chi connectivity index (χ1) is 18.0. The number of para-hydroxylation sites is 2. The van der Waals surface area contributed by atoms with E-state index < -0.39 is 0 Å². The molecule has 0 spiro atoms. The van der Waals surface area contributed by atoms with Crippen LogP contribution in [0.3, 0.4) is 0 Å². The third-order valence-electron chi connectivity index (χ3n) is 6.63. The lowest BCUT2D eigenvalue weighted by molar-refractivity contribution is 0.102. The fourth-order valence-corrected chi connectivity index (χ4v) is 7.04. The second kappa shape index (κ2) is 10.1. The Labute approximate surface area is 224 Å². The van der Waals surface area contributed by atoms with Crippen LogP contribution in [0.15, 0.2) is 78.9 Å². The summed E-state index contributed by atoms with van der Waals surface area (Å²) in [7, 11) is 0. The molecule has 186 valence electrons. The first kappa shape index (κ1) is 23.9. The van der Waals surface area contributed by atoms with E-state index in [9.17, 15) is 4.79 Å². The Morgan fingerprint density at radius 3 is 2.57 bits per heavy atom. The summed E-state index contributed by atoms with van der Waals surface area (Å²) >= 11 is 3.37. The molecule has 2 aromatic heterocycles. The van der Waals surface area contributed by atoms with Gasteiger partial charge in [0.1, 0.15) is 21.5 Å². The second-order valence-electron chi connectivity index (χ2n) is 9.41. The van der Waals surface area contributed by atoms with Crippen molar-refractivity contribution in [3.8, 4) is 22.1 Å². The van der Waals surface area contributed by atoms with Crippen molar-refractivity contribution < 1.29 is 9.53 Å². The number of fused-ring (bicyclic) bond motifs is 2. The van der Waals surface area contributed by atoms with Crippen LogP contribution < -0.4 is 10.1 Å². The quantitative estimate of drug-likeness (QED) is 0.245. The van der Waals surface area contributed by atoms with Crippen LogP contribution in [0.4, 0.5) is 5.00 Å². The Hall–Kier alpha value is -3.52. The molecule has 1 N–H and O–H groups in total. The van der Waals surface area contributed by atoms with Gasteiger partial charge in [-0.25, -0.2) is 4.98 Å². The van der Waals surface area contributed by atoms with Crippen molar-refractivity contribution in [2.24, 2.45) is 0 Å². The molecule has 0 saturated heterocycles. The van der Waals surface area contributed by atoms with Crippen LogP contribution in [0.1, 0.15) is 34.6 Å². The Balaban J connectivity index is 1.34. The molecular weight excluding hydrogens is 498 g/mol. The number of carbonyl (C=O) groups is 1. The zero-order chi connectivity index (χ0) is 25.4. The molecule has 7 heteroatoms. The van der Waals surface area contributed by atoms with Crippen LogP contribution in [-0.4, -0.2) is 28.4 Å². The van der Waals surface area contributed by atoms with E-state index >= 15 is 0 Å². The Bertz CT molecular complexity index is 1540. The van der Waals surface area contributed by atoms with Crippen molar-refractivity contribution in [2.75, 3.05) is 11.9 Å². The van der Waals surface area contributed by atoms with Crippen molar-refractivity contribution in [3.05, 3.63) is 94.9 Å². The van der Waals surface area contributed by atoms with Crippen LogP contribution in [0.5, 0.6) is 11.5 Å². The van der Waals surface area contributed by atoms with E-state index in [-0.39, 0.29) is 5.91 Å². The van der Waals surface area contributed by atoms with Gasteiger partial charge in [0.05, 0.1) is 10.2 Å². The third kappa shape index (κ3) is 4.90. The standard InChI is InChI=1S/C30H27N3O2S2/c1-19(2)33-16-15-23-26(18-33)37-30(27(23)29-31-24-13-6-7-14-25(24)36-29)32-28(34)20-9-8-12-22(17-20)35-21-10-4-3-5-11-21/h3-14,17,19H,15-16,18H2,1-2H3,(H,32,34). The van der Waals surface area contributed by atoms with Gasteiger partial charge in [0.15, 0.2) is 0 Å². The number of thiazole rings is 1. The number of ether oxygens (including phenoxy) is 1. The molecule has 0 atom stereocenters. The summed E-state index contributed by atoms with van der Waals surface area (Å²) in [6, 6.07) is 25.6. The molecule has 5 aromatic rings. The van der Waals surface area contributed by atoms with Crippen molar-refractivity contribution >= 4 is 43.8 Å². The van der Waals surface area contributed by atoms with Crippen LogP contribution in [0.25, 0.3) is 20.8 Å². The molecule has 0 fully saturated rings. The maximum atomic E-state index is 13.5. The van der Waals surface area contributed by atoms with Gasteiger partial charge in [-0.15, -0.1) is 22.7 Å². The number of hydrogen-bond acceptors (Lipinski definition) is 6. The molecule has 0 aliphatic carbocycles. The van der Waals surface area contributed by atoms with Crippen LogP contribution >= 0.6 is 22.7 Å². The molecule has 1 aliphatic heterocycles. The van der Waals surface area contributed by atoms with Gasteiger partial charge >= 0.3 is 0 Å². The maximum Gasteiger partial charge on any atom is 0.256 e. The minimum Gasteiger partial charge on any atom is -0.457 e. The van der Waals surface area contributed by atoms with E-state index in [1.54, 1.807) is 28.7 Å². The summed E-state index contributed by atoms with van der Waals surface area (Å²) in [5.74, 6) is 1.21. The van der Waals surface area contributed by atoms with Crippen molar-refractivity contribution in [1.82, 2.24) is 9.88 Å². The first-order valence-electron chi connectivity index (χ1n) is 12.4. The largest absolute Gasteiger partial charge is 0.457 e. The van der Waals surface area contributed by atoms with E-state index in [2.05, 4.69) is 30.1 Å². The monoisotopic (exact) mass is 525 g/mol. The summed E-state index contributed by atoms with van der Waals surface area (Å²) in [6.45, 7) is 6.37. The summed E-state index contributed by atoms with van der Waals surface area (Å²) in [6.07, 6.45) is 0.950. The number of thiophene rings is 1. The van der Waals surface area contributed by atoms with E-state index in [0.29, 0.717) is 17.4 Å². The summed E-state index contributed by atoms with van der Waals surface area (Å²) in [5.41, 5.74) is 3.94. The second-order valence-corrected chi connectivity index (χ2v) is 11.5. The van der Waals surface area contributed by atoms with Gasteiger partial charge < -0.3 is 10.1 Å². The maximum absolute atomic E-state index is 13.5. The highest BCUT2D eigenvalue weighted by Gasteiger charge is 2.28. The van der Waals surface area contributed by atoms with E-state index in [0.717, 1.165) is 51.0 Å². The molecule has 3 aromatic carbocycles. The number of carbonyl (C=O) groups excluding carboxylic acids is 1. The normalized spacial score (nSPS) is 13.6.